The maximum Gasteiger partial charge on any atom is 0.270 e. The first-order valence-corrected chi connectivity index (χ1v) is 6.88. The Balaban J connectivity index is 1.83. The van der Waals surface area contributed by atoms with Crippen molar-refractivity contribution in [2.24, 2.45) is 0 Å². The number of hydrogen-bond acceptors (Lipinski definition) is 4. The van der Waals surface area contributed by atoms with Crippen LogP contribution < -0.4 is 0 Å². The second-order valence-electron chi connectivity index (χ2n) is 5.56. The molecule has 0 aliphatic carbocycles. The van der Waals surface area contributed by atoms with Gasteiger partial charge in [0.05, 0.1) is 12.2 Å². The molecular formula is C14H20O4. The zero-order valence-electron chi connectivity index (χ0n) is 11.0. The van der Waals surface area contributed by atoms with Gasteiger partial charge < -0.3 is 14.2 Å². The lowest BCUT2D eigenvalue weighted by Gasteiger charge is -2.43. The molecule has 0 aromatic carbocycles. The molecule has 0 amide bonds. The smallest absolute Gasteiger partial charge is 0.270 e. The van der Waals surface area contributed by atoms with Crippen LogP contribution in [-0.4, -0.2) is 23.8 Å². The van der Waals surface area contributed by atoms with Gasteiger partial charge >= 0.3 is 0 Å². The monoisotopic (exact) mass is 252 g/mol. The van der Waals surface area contributed by atoms with Crippen molar-refractivity contribution in [3.63, 3.8) is 0 Å². The summed E-state index contributed by atoms with van der Waals surface area (Å²) in [6, 6.07) is 0. The SMILES string of the molecule is CC1CCC2=C(CCC3(O2)OC(C)CCC3=O)O1. The van der Waals surface area contributed by atoms with Crippen molar-refractivity contribution in [1.82, 2.24) is 0 Å². The van der Waals surface area contributed by atoms with Crippen molar-refractivity contribution in [1.29, 1.82) is 0 Å². The molecule has 1 saturated heterocycles. The van der Waals surface area contributed by atoms with Gasteiger partial charge in [-0.1, -0.05) is 0 Å². The maximum absolute atomic E-state index is 12.1. The number of carbonyl (C=O) groups is 1. The third kappa shape index (κ3) is 1.92. The molecule has 3 aliphatic rings. The van der Waals surface area contributed by atoms with Crippen LogP contribution in [0.4, 0.5) is 0 Å². The van der Waals surface area contributed by atoms with E-state index in [2.05, 4.69) is 6.92 Å². The molecule has 100 valence electrons. The molecule has 0 aromatic rings. The van der Waals surface area contributed by atoms with E-state index in [9.17, 15) is 4.79 Å². The molecule has 3 heterocycles. The van der Waals surface area contributed by atoms with E-state index in [1.54, 1.807) is 0 Å². The zero-order valence-corrected chi connectivity index (χ0v) is 11.0. The molecule has 0 radical (unpaired) electrons. The van der Waals surface area contributed by atoms with E-state index < -0.39 is 5.79 Å². The second kappa shape index (κ2) is 4.26. The first kappa shape index (κ1) is 12.0. The summed E-state index contributed by atoms with van der Waals surface area (Å²) in [5.41, 5.74) is 0. The fourth-order valence-electron chi connectivity index (χ4n) is 2.93. The van der Waals surface area contributed by atoms with Crippen molar-refractivity contribution in [2.45, 2.75) is 70.4 Å². The molecule has 0 saturated carbocycles. The van der Waals surface area contributed by atoms with Gasteiger partial charge in [0.15, 0.2) is 0 Å². The third-order valence-corrected chi connectivity index (χ3v) is 4.00. The molecular weight excluding hydrogens is 232 g/mol. The molecule has 1 fully saturated rings. The highest BCUT2D eigenvalue weighted by atomic mass is 16.7. The van der Waals surface area contributed by atoms with Gasteiger partial charge in [0, 0.05) is 25.7 Å². The van der Waals surface area contributed by atoms with Gasteiger partial charge in [-0.05, 0) is 26.7 Å². The van der Waals surface area contributed by atoms with Crippen molar-refractivity contribution in [3.05, 3.63) is 11.5 Å². The van der Waals surface area contributed by atoms with Crippen LogP contribution in [0.2, 0.25) is 0 Å². The lowest BCUT2D eigenvalue weighted by molar-refractivity contribution is -0.254. The fraction of sp³-hybridized carbons (Fsp3) is 0.786. The predicted molar refractivity (Wildman–Crippen MR) is 64.6 cm³/mol. The van der Waals surface area contributed by atoms with E-state index in [0.717, 1.165) is 37.2 Å². The van der Waals surface area contributed by atoms with Crippen LogP contribution in [0.5, 0.6) is 0 Å². The van der Waals surface area contributed by atoms with E-state index >= 15 is 0 Å². The molecule has 3 rings (SSSR count). The Labute approximate surface area is 107 Å². The Bertz CT molecular complexity index is 401. The summed E-state index contributed by atoms with van der Waals surface area (Å²) in [6.45, 7) is 4.07. The van der Waals surface area contributed by atoms with E-state index in [1.165, 1.54) is 0 Å². The summed E-state index contributed by atoms with van der Waals surface area (Å²) in [5.74, 6) is 0.835. The zero-order chi connectivity index (χ0) is 12.8. The van der Waals surface area contributed by atoms with Crippen LogP contribution in [0.15, 0.2) is 11.5 Å². The van der Waals surface area contributed by atoms with E-state index in [4.69, 9.17) is 14.2 Å². The number of ether oxygens (including phenoxy) is 3. The fourth-order valence-corrected chi connectivity index (χ4v) is 2.93. The molecule has 3 atom stereocenters. The van der Waals surface area contributed by atoms with E-state index in [1.807, 2.05) is 6.92 Å². The molecule has 0 bridgehead atoms. The first-order chi connectivity index (χ1) is 8.59. The van der Waals surface area contributed by atoms with Gasteiger partial charge in [0.1, 0.15) is 11.5 Å². The molecule has 4 heteroatoms. The summed E-state index contributed by atoms with van der Waals surface area (Å²) in [6.07, 6.45) is 4.82. The molecule has 0 aromatic heterocycles. The summed E-state index contributed by atoms with van der Waals surface area (Å²) in [7, 11) is 0. The van der Waals surface area contributed by atoms with Crippen LogP contribution in [0.25, 0.3) is 0 Å². The standard InChI is InChI=1S/C14H20O4/c1-9-3-5-12-11(16-9)7-8-14(18-12)13(15)6-4-10(2)17-14/h9-10H,3-8H2,1-2H3. The Morgan fingerprint density at radius 2 is 1.83 bits per heavy atom. The van der Waals surface area contributed by atoms with Crippen LogP contribution in [0.3, 0.4) is 0 Å². The first-order valence-electron chi connectivity index (χ1n) is 6.88. The van der Waals surface area contributed by atoms with Crippen LogP contribution in [-0.2, 0) is 19.0 Å². The number of allylic oxidation sites excluding steroid dienone is 2. The molecule has 18 heavy (non-hydrogen) atoms. The highest BCUT2D eigenvalue weighted by molar-refractivity contribution is 5.86. The predicted octanol–water partition coefficient (Wildman–Crippen LogP) is 2.67. The Morgan fingerprint density at radius 3 is 2.67 bits per heavy atom. The number of ketones is 1. The van der Waals surface area contributed by atoms with Crippen LogP contribution in [0.1, 0.15) is 52.4 Å². The van der Waals surface area contributed by atoms with Gasteiger partial charge in [-0.15, -0.1) is 0 Å². The number of rotatable bonds is 0. The quantitative estimate of drug-likeness (QED) is 0.665. The van der Waals surface area contributed by atoms with Crippen molar-refractivity contribution >= 4 is 5.78 Å². The number of carbonyl (C=O) groups excluding carboxylic acids is 1. The lowest BCUT2D eigenvalue weighted by Crippen LogP contribution is -2.51. The molecule has 0 N–H and O–H groups in total. The Morgan fingerprint density at radius 1 is 1.06 bits per heavy atom. The minimum absolute atomic E-state index is 0.0887. The van der Waals surface area contributed by atoms with E-state index in [-0.39, 0.29) is 18.0 Å². The highest BCUT2D eigenvalue weighted by Crippen LogP contribution is 2.42. The lowest BCUT2D eigenvalue weighted by atomic mass is 9.92. The molecule has 4 nitrogen and oxygen atoms in total. The largest absolute Gasteiger partial charge is 0.492 e. The minimum atomic E-state index is -1.01. The van der Waals surface area contributed by atoms with Gasteiger partial charge in [-0.3, -0.25) is 4.79 Å². The van der Waals surface area contributed by atoms with Crippen molar-refractivity contribution < 1.29 is 19.0 Å². The van der Waals surface area contributed by atoms with Crippen LogP contribution in [0, 0.1) is 0 Å². The number of hydrogen-bond donors (Lipinski definition) is 0. The summed E-state index contributed by atoms with van der Waals surface area (Å²) in [5, 5.41) is 0. The summed E-state index contributed by atoms with van der Waals surface area (Å²) >= 11 is 0. The average molecular weight is 252 g/mol. The van der Waals surface area contributed by atoms with E-state index in [0.29, 0.717) is 12.8 Å². The highest BCUT2D eigenvalue weighted by Gasteiger charge is 2.49. The topological polar surface area (TPSA) is 44.8 Å². The van der Waals surface area contributed by atoms with Crippen molar-refractivity contribution in [3.8, 4) is 0 Å². The average Bonchev–Trinajstić information content (AvgIpc) is 2.35. The van der Waals surface area contributed by atoms with Gasteiger partial charge in [0.2, 0.25) is 5.78 Å². The van der Waals surface area contributed by atoms with Crippen molar-refractivity contribution in [2.75, 3.05) is 0 Å². The third-order valence-electron chi connectivity index (χ3n) is 4.00. The summed E-state index contributed by atoms with van der Waals surface area (Å²) in [4.78, 5) is 12.1. The molecule has 3 unspecified atom stereocenters. The normalized spacial score (nSPS) is 40.2. The van der Waals surface area contributed by atoms with Crippen LogP contribution >= 0.6 is 0 Å². The van der Waals surface area contributed by atoms with Gasteiger partial charge in [-0.25, -0.2) is 0 Å². The Kier molecular flexibility index (Phi) is 2.85. The second-order valence-corrected chi connectivity index (χ2v) is 5.56. The number of Topliss-reactive ketones (excluding diaryl/α,β-unsaturated/α-hetero) is 1. The van der Waals surface area contributed by atoms with Gasteiger partial charge in [-0.2, -0.15) is 0 Å². The molecule has 1 spiro atoms. The Hall–Kier alpha value is -1.03. The van der Waals surface area contributed by atoms with Gasteiger partial charge in [0.25, 0.3) is 5.79 Å². The summed E-state index contributed by atoms with van der Waals surface area (Å²) < 4.78 is 17.5. The molecule has 3 aliphatic heterocycles. The minimum Gasteiger partial charge on any atom is -0.492 e. The maximum atomic E-state index is 12.1.